The molecule has 0 saturated heterocycles. The molecule has 0 amide bonds. The zero-order valence-corrected chi connectivity index (χ0v) is 46.3. The number of aromatic amines is 2. The second-order valence-electron chi connectivity index (χ2n) is 17.3. The van der Waals surface area contributed by atoms with Crippen molar-refractivity contribution in [2.75, 3.05) is 0 Å². The van der Waals surface area contributed by atoms with Crippen molar-refractivity contribution in [2.45, 2.75) is 79.6 Å². The number of nitrogens with zero attached hydrogens (tertiary/aromatic N) is 6. The lowest BCUT2D eigenvalue weighted by molar-refractivity contribution is -2.00. The molecule has 0 atom stereocenters. The number of pyridine rings is 4. The minimum Gasteiger partial charge on any atom is -0.354 e. The Morgan fingerprint density at radius 2 is 0.487 bits per heavy atom. The Labute approximate surface area is 467 Å². The van der Waals surface area contributed by atoms with Crippen LogP contribution in [0.25, 0.3) is 90.9 Å². The van der Waals surface area contributed by atoms with Crippen molar-refractivity contribution in [3.8, 4) is 44.5 Å². The average Bonchev–Trinajstić information content (AvgIpc) is 4.21. The minimum absolute atomic E-state index is 0.886. The largest absolute Gasteiger partial charge is 0.354 e. The highest BCUT2D eigenvalue weighted by atomic mass is 35.7. The van der Waals surface area contributed by atoms with E-state index >= 15 is 0 Å². The highest BCUT2D eigenvalue weighted by Gasteiger charge is 2.21. The summed E-state index contributed by atoms with van der Waals surface area (Å²) in [6.07, 6.45) is 30.4. The lowest BCUT2D eigenvalue weighted by Gasteiger charge is -2.17. The molecular weight excluding hydrogens is 1130 g/mol. The molecule has 9 heterocycles. The molecule has 0 saturated carbocycles. The van der Waals surface area contributed by atoms with Crippen LogP contribution in [0.3, 0.4) is 0 Å². The second kappa shape index (κ2) is 28.9. The fraction of sp³-hybridized carbons (Fsp3) is 0.231. The van der Waals surface area contributed by atoms with Crippen molar-refractivity contribution in [1.29, 1.82) is 0 Å². The molecule has 80 heavy (non-hydrogen) atoms. The molecule has 2 N–H and O–H groups in total. The van der Waals surface area contributed by atoms with Crippen LogP contribution in [0.5, 0.6) is 0 Å². The summed E-state index contributed by atoms with van der Waals surface area (Å²) in [6.45, 7) is 12.7. The van der Waals surface area contributed by atoms with Crippen LogP contribution in [-0.4, -0.2) is 19.9 Å². The lowest BCUT2D eigenvalue weighted by Crippen LogP contribution is -2.68. The van der Waals surface area contributed by atoms with E-state index in [2.05, 4.69) is 203 Å². The molecule has 7 aromatic heterocycles. The Balaban J connectivity index is 0.000000506. The van der Waals surface area contributed by atoms with E-state index in [9.17, 15) is 0 Å². The molecule has 7 aromatic rings. The summed E-state index contributed by atoms with van der Waals surface area (Å²) in [7, 11) is -19.8. The van der Waals surface area contributed by atoms with Gasteiger partial charge in [-0.05, 0) is 70.8 Å². The third-order valence-corrected chi connectivity index (χ3v) is 11.4. The van der Waals surface area contributed by atoms with Crippen LogP contribution in [0.1, 0.15) is 76.2 Å². The van der Waals surface area contributed by atoms with Crippen molar-refractivity contribution in [2.24, 2.45) is 0 Å². The molecule has 8 bridgehead atoms. The van der Waals surface area contributed by atoms with E-state index in [1.807, 2.05) is 0 Å². The van der Waals surface area contributed by atoms with Gasteiger partial charge in [0.1, 0.15) is 26.2 Å². The fourth-order valence-corrected chi connectivity index (χ4v) is 8.55. The van der Waals surface area contributed by atoms with Gasteiger partial charge in [0.05, 0.1) is 22.8 Å². The van der Waals surface area contributed by atoms with E-state index in [0.29, 0.717) is 0 Å². The number of rotatable bonds is 12. The van der Waals surface area contributed by atoms with Gasteiger partial charge in [0.25, 0.3) is 0 Å². The molecule has 28 heteroatoms. The quantitative estimate of drug-likeness (QED) is 0.107. The van der Waals surface area contributed by atoms with Gasteiger partial charge in [0.15, 0.2) is 49.6 Å². The summed E-state index contributed by atoms with van der Waals surface area (Å²) in [5, 5.41) is 0. The van der Waals surface area contributed by atoms with E-state index in [1.54, 1.807) is 0 Å². The molecule has 0 radical (unpaired) electrons. The maximum absolute atomic E-state index is 8.49. The van der Waals surface area contributed by atoms with Gasteiger partial charge in [0, 0.05) is 119 Å². The van der Waals surface area contributed by atoms with Gasteiger partial charge in [-0.3, -0.25) is 0 Å². The standard InChI is InChI=1S/C52H53N8.4ClHO4/c1-5-25-57-29-17-37(18-30-57)49-41-9-11-43(53-41)50(38-19-31-58(26-6-2)32-20-38)45-13-15-47(55-45)52(40-23-35-60(28-8-4)36-24-40)48-16-14-46(56-48)51(44-12-10-42(49)54-44)39-21-33-59(27-7-3)34-22-39;4*2-1(3,4)5/h9-24,29-36H,5-8,25-28H2,1-4H3,(H,53,54,55,56);4*(H,2,3,4,5)/q+3;;;;/p-3. The van der Waals surface area contributed by atoms with E-state index in [-0.39, 0.29) is 0 Å². The first-order valence-corrected chi connectivity index (χ1v) is 29.1. The number of fused-ring (bicyclic) bond motifs is 8. The molecule has 2 aliphatic rings. The van der Waals surface area contributed by atoms with Gasteiger partial charge in [-0.25, -0.2) is 103 Å². The minimum atomic E-state index is -4.94. The van der Waals surface area contributed by atoms with Gasteiger partial charge in [-0.15, -0.1) is 41.0 Å². The zero-order chi connectivity index (χ0) is 59.0. The molecule has 0 spiro atoms. The molecule has 0 aliphatic carbocycles. The zero-order valence-electron chi connectivity index (χ0n) is 43.2. The van der Waals surface area contributed by atoms with Crippen molar-refractivity contribution in [3.05, 3.63) is 145 Å². The molecule has 0 unspecified atom stereocenters. The summed E-state index contributed by atoms with van der Waals surface area (Å²) in [4.78, 5) is 18.8. The number of hydrogen-bond donors (Lipinski definition) is 2. The second-order valence-corrected chi connectivity index (χ2v) is 20.3. The number of halogens is 4. The van der Waals surface area contributed by atoms with Crippen LogP contribution in [-0.2, 0) is 26.2 Å². The molecule has 24 nitrogen and oxygen atoms in total. The van der Waals surface area contributed by atoms with E-state index in [1.165, 1.54) is 0 Å². The van der Waals surface area contributed by atoms with Gasteiger partial charge in [-0.2, -0.15) is 0 Å². The van der Waals surface area contributed by atoms with E-state index in [0.717, 1.165) is 141 Å². The van der Waals surface area contributed by atoms with Crippen molar-refractivity contribution < 1.29 is 134 Å². The first-order chi connectivity index (χ1) is 37.5. The number of aryl methyl sites for hydroxylation is 4. The SMILES string of the molecule is CCC[n+]1ccc(-c2c3nc(c(-c4cc[n+](CCC)cc4)c4ccc([nH]4)c(-c4cc[n+](CCC)cc4)c4ccc([nH]4)c(-c4cc[n+](CCC)cc4)c4nc2C=C4)C=C3)cc1.[O-][Cl+3]([O-])([O-])[O-].[O-][Cl+3]([O-])([O-])[O-].[O-][Cl+3]([O-])([O-])[O-].[O-][Cl+3]([O-])([O-])[O-]. The Kier molecular flexibility index (Phi) is 23.3. The third-order valence-electron chi connectivity index (χ3n) is 11.4. The smallest absolute Gasteiger partial charge is 0.169 e. The number of hydrogen-bond acceptors (Lipinski definition) is 18. The van der Waals surface area contributed by atoms with Gasteiger partial charge in [-0.1, -0.05) is 27.7 Å². The van der Waals surface area contributed by atoms with E-state index in [4.69, 9.17) is 84.5 Å². The van der Waals surface area contributed by atoms with Gasteiger partial charge < -0.3 is 9.97 Å². The summed E-state index contributed by atoms with van der Waals surface area (Å²) >= 11 is 0. The van der Waals surface area contributed by atoms with Crippen molar-refractivity contribution in [3.63, 3.8) is 0 Å². The predicted molar refractivity (Wildman–Crippen MR) is 243 cm³/mol. The predicted octanol–water partition coefficient (Wildman–Crippen LogP) is -8.91. The maximum Gasteiger partial charge on any atom is 0.169 e. The Hall–Kier alpha value is -6.28. The summed E-state index contributed by atoms with van der Waals surface area (Å²) < 4.78 is 145. The van der Waals surface area contributed by atoms with E-state index < -0.39 is 41.0 Å². The third kappa shape index (κ3) is 21.3. The first-order valence-electron chi connectivity index (χ1n) is 24.1. The topological polar surface area (TPSA) is 442 Å². The first kappa shape index (κ1) is 64.5. The lowest BCUT2D eigenvalue weighted by atomic mass is 10.0. The molecule has 0 fully saturated rings. The molecule has 9 rings (SSSR count). The van der Waals surface area contributed by atoms with Crippen LogP contribution in [0, 0.1) is 41.0 Å². The summed E-state index contributed by atoms with van der Waals surface area (Å²) in [5.41, 5.74) is 16.2. The monoisotopic (exact) mass is 1190 g/mol. The van der Waals surface area contributed by atoms with Crippen LogP contribution in [0.4, 0.5) is 0 Å². The summed E-state index contributed by atoms with van der Waals surface area (Å²) in [6, 6.07) is 26.6. The summed E-state index contributed by atoms with van der Waals surface area (Å²) in [5.74, 6) is 0. The number of nitrogens with one attached hydrogen (secondary N) is 2. The van der Waals surface area contributed by atoms with Gasteiger partial charge >= 0.3 is 0 Å². The molecular formula is C52H54Cl4N8O16. The van der Waals surface area contributed by atoms with Crippen LogP contribution >= 0.6 is 0 Å². The number of aromatic nitrogens is 8. The molecule has 2 aliphatic heterocycles. The Morgan fingerprint density at radius 1 is 0.300 bits per heavy atom. The van der Waals surface area contributed by atoms with Crippen LogP contribution < -0.4 is 92.8 Å². The van der Waals surface area contributed by atoms with Gasteiger partial charge in [0.2, 0.25) is 0 Å². The van der Waals surface area contributed by atoms with Crippen molar-refractivity contribution >= 4 is 46.4 Å². The highest BCUT2D eigenvalue weighted by molar-refractivity contribution is 6.00. The van der Waals surface area contributed by atoms with Crippen LogP contribution in [0.2, 0.25) is 0 Å². The Bertz CT molecular complexity index is 3140. The Morgan fingerprint density at radius 3 is 0.713 bits per heavy atom. The van der Waals surface area contributed by atoms with Crippen molar-refractivity contribution in [1.82, 2.24) is 19.9 Å². The van der Waals surface area contributed by atoms with Crippen LogP contribution in [0.15, 0.2) is 122 Å². The molecule has 0 aromatic carbocycles. The average molecular weight is 1190 g/mol. The molecule has 426 valence electrons. The fourth-order valence-electron chi connectivity index (χ4n) is 8.55. The highest BCUT2D eigenvalue weighted by Crippen LogP contribution is 2.38. The number of H-pyrrole nitrogens is 2. The normalized spacial score (nSPS) is 12.1. The maximum atomic E-state index is 8.49.